The van der Waals surface area contributed by atoms with Gasteiger partial charge in [-0.25, -0.2) is 4.39 Å². The molecule has 3 nitrogen and oxygen atoms in total. The van der Waals surface area contributed by atoms with Crippen LogP contribution in [0, 0.1) is 5.82 Å². The van der Waals surface area contributed by atoms with Gasteiger partial charge in [-0.2, -0.15) is 0 Å². The first-order chi connectivity index (χ1) is 6.24. The van der Waals surface area contributed by atoms with E-state index in [4.69, 9.17) is 0 Å². The summed E-state index contributed by atoms with van der Waals surface area (Å²) in [5.74, 6) is -0.764. The summed E-state index contributed by atoms with van der Waals surface area (Å²) in [6, 6.07) is 5.03. The quantitative estimate of drug-likeness (QED) is 0.518. The Bertz CT molecular complexity index is 305. The molecule has 4 heteroatoms. The molecular weight excluding hydrogens is 175 g/mol. The monoisotopic (exact) mass is 182 g/mol. The number of hydrogen-bond acceptors (Lipinski definition) is 3. The molecule has 0 saturated heterocycles. The third kappa shape index (κ3) is 2.66. The third-order valence-electron chi connectivity index (χ3n) is 1.45. The van der Waals surface area contributed by atoms with Crippen LogP contribution >= 0.6 is 0 Å². The molecule has 1 aromatic carbocycles. The first-order valence-corrected chi connectivity index (χ1v) is 3.58. The molecule has 0 aliphatic heterocycles. The summed E-state index contributed by atoms with van der Waals surface area (Å²) in [5, 5.41) is 0. The van der Waals surface area contributed by atoms with Crippen molar-refractivity contribution in [2.24, 2.45) is 0 Å². The first-order valence-electron chi connectivity index (χ1n) is 3.58. The molecule has 0 amide bonds. The second-order valence-electron chi connectivity index (χ2n) is 2.34. The van der Waals surface area contributed by atoms with E-state index in [0.717, 1.165) is 0 Å². The third-order valence-corrected chi connectivity index (χ3v) is 1.45. The van der Waals surface area contributed by atoms with Crippen LogP contribution in [0.15, 0.2) is 24.3 Å². The summed E-state index contributed by atoms with van der Waals surface area (Å²) < 4.78 is 16.7. The van der Waals surface area contributed by atoms with Crippen LogP contribution in [0.5, 0.6) is 0 Å². The molecule has 0 aliphatic carbocycles. The lowest BCUT2D eigenvalue weighted by molar-refractivity contribution is -0.127. The largest absolute Gasteiger partial charge is 0.459 e. The number of rotatable bonds is 4. The minimum absolute atomic E-state index is 0.196. The highest BCUT2D eigenvalue weighted by molar-refractivity contribution is 5.97. The normalized spacial score (nSPS) is 9.31. The molecule has 0 bridgehead atoms. The van der Waals surface area contributed by atoms with Crippen LogP contribution in [0.1, 0.15) is 10.4 Å². The van der Waals surface area contributed by atoms with Crippen LogP contribution in [0.4, 0.5) is 4.39 Å². The van der Waals surface area contributed by atoms with Crippen molar-refractivity contribution in [1.82, 2.24) is 0 Å². The van der Waals surface area contributed by atoms with Gasteiger partial charge in [0.25, 0.3) is 6.47 Å². The number of carbonyl (C=O) groups excluding carboxylic acids is 2. The van der Waals surface area contributed by atoms with Gasteiger partial charge in [-0.3, -0.25) is 9.59 Å². The van der Waals surface area contributed by atoms with E-state index < -0.39 is 5.82 Å². The Morgan fingerprint density at radius 3 is 2.54 bits per heavy atom. The van der Waals surface area contributed by atoms with Gasteiger partial charge >= 0.3 is 0 Å². The SMILES string of the molecule is O=COCC(=O)c1ccc(F)cc1. The number of ketones is 1. The summed E-state index contributed by atoms with van der Waals surface area (Å²) >= 11 is 0. The molecule has 0 atom stereocenters. The average Bonchev–Trinajstić information content (AvgIpc) is 2.15. The second-order valence-corrected chi connectivity index (χ2v) is 2.34. The zero-order chi connectivity index (χ0) is 9.68. The minimum atomic E-state index is -0.409. The van der Waals surface area contributed by atoms with Crippen molar-refractivity contribution in [1.29, 1.82) is 0 Å². The van der Waals surface area contributed by atoms with E-state index in [1.165, 1.54) is 24.3 Å². The summed E-state index contributed by atoms with van der Waals surface area (Å²) in [6.07, 6.45) is 0. The summed E-state index contributed by atoms with van der Waals surface area (Å²) in [6.45, 7) is -0.115. The van der Waals surface area contributed by atoms with Crippen LogP contribution in [0.3, 0.4) is 0 Å². The molecular formula is C9H7FO3. The van der Waals surface area contributed by atoms with Gasteiger partial charge in [0.2, 0.25) is 0 Å². The van der Waals surface area contributed by atoms with Gasteiger partial charge in [-0.15, -0.1) is 0 Å². The summed E-state index contributed by atoms with van der Waals surface area (Å²) in [5.41, 5.74) is 0.322. The van der Waals surface area contributed by atoms with E-state index in [0.29, 0.717) is 5.56 Å². The molecule has 68 valence electrons. The highest BCUT2D eigenvalue weighted by Gasteiger charge is 2.05. The van der Waals surface area contributed by atoms with E-state index in [9.17, 15) is 14.0 Å². The second kappa shape index (κ2) is 4.35. The molecule has 0 radical (unpaired) electrons. The van der Waals surface area contributed by atoms with Gasteiger partial charge < -0.3 is 4.74 Å². The molecule has 1 aromatic rings. The number of halogens is 1. The lowest BCUT2D eigenvalue weighted by Gasteiger charge is -1.98. The van der Waals surface area contributed by atoms with Crippen LogP contribution in [-0.4, -0.2) is 18.9 Å². The van der Waals surface area contributed by atoms with Gasteiger partial charge in [0.05, 0.1) is 0 Å². The Hall–Kier alpha value is -1.71. The molecule has 0 fully saturated rings. The maximum absolute atomic E-state index is 12.4. The molecule has 0 spiro atoms. The first kappa shape index (κ1) is 9.38. The standard InChI is InChI=1S/C9H7FO3/c10-8-3-1-7(2-4-8)9(12)5-13-6-11/h1-4,6H,5H2. The molecule has 0 unspecified atom stereocenters. The van der Waals surface area contributed by atoms with E-state index in [1.807, 2.05) is 0 Å². The minimum Gasteiger partial charge on any atom is -0.459 e. The molecule has 0 saturated carbocycles. The molecule has 0 aromatic heterocycles. The van der Waals surface area contributed by atoms with Crippen LogP contribution in [-0.2, 0) is 9.53 Å². The van der Waals surface area contributed by atoms with Gasteiger partial charge in [-0.1, -0.05) is 0 Å². The molecule has 0 N–H and O–H groups in total. The van der Waals surface area contributed by atoms with Crippen molar-refractivity contribution >= 4 is 12.3 Å². The van der Waals surface area contributed by atoms with Crippen molar-refractivity contribution in [3.05, 3.63) is 35.6 Å². The number of Topliss-reactive ketones (excluding diaryl/α,β-unsaturated/α-hetero) is 1. The van der Waals surface area contributed by atoms with Crippen molar-refractivity contribution in [3.8, 4) is 0 Å². The summed E-state index contributed by atoms with van der Waals surface area (Å²) in [7, 11) is 0. The average molecular weight is 182 g/mol. The van der Waals surface area contributed by atoms with E-state index >= 15 is 0 Å². The topological polar surface area (TPSA) is 43.4 Å². The Kier molecular flexibility index (Phi) is 3.14. The maximum atomic E-state index is 12.4. The van der Waals surface area contributed by atoms with Crippen LogP contribution in [0.2, 0.25) is 0 Å². The number of benzene rings is 1. The Balaban J connectivity index is 2.66. The van der Waals surface area contributed by atoms with Gasteiger partial charge in [0.15, 0.2) is 12.4 Å². The van der Waals surface area contributed by atoms with E-state index in [-0.39, 0.29) is 18.9 Å². The van der Waals surface area contributed by atoms with Crippen LogP contribution < -0.4 is 0 Å². The smallest absolute Gasteiger partial charge is 0.293 e. The van der Waals surface area contributed by atoms with E-state index in [1.54, 1.807) is 0 Å². The van der Waals surface area contributed by atoms with Crippen molar-refractivity contribution in [2.45, 2.75) is 0 Å². The fraction of sp³-hybridized carbons (Fsp3) is 0.111. The Morgan fingerprint density at radius 2 is 2.00 bits per heavy atom. The lowest BCUT2D eigenvalue weighted by atomic mass is 10.1. The van der Waals surface area contributed by atoms with Crippen LogP contribution in [0.25, 0.3) is 0 Å². The lowest BCUT2D eigenvalue weighted by Crippen LogP contribution is -2.07. The highest BCUT2D eigenvalue weighted by atomic mass is 19.1. The maximum Gasteiger partial charge on any atom is 0.293 e. The highest BCUT2D eigenvalue weighted by Crippen LogP contribution is 2.03. The van der Waals surface area contributed by atoms with Crippen molar-refractivity contribution < 1.29 is 18.7 Å². The van der Waals surface area contributed by atoms with Gasteiger partial charge in [0.1, 0.15) is 5.82 Å². The van der Waals surface area contributed by atoms with E-state index in [2.05, 4.69) is 4.74 Å². The van der Waals surface area contributed by atoms with Gasteiger partial charge in [-0.05, 0) is 24.3 Å². The van der Waals surface area contributed by atoms with Crippen molar-refractivity contribution in [2.75, 3.05) is 6.61 Å². The number of carbonyl (C=O) groups is 2. The molecule has 0 heterocycles. The fourth-order valence-corrected chi connectivity index (χ4v) is 0.829. The van der Waals surface area contributed by atoms with Gasteiger partial charge in [0, 0.05) is 5.56 Å². The fourth-order valence-electron chi connectivity index (χ4n) is 0.829. The molecule has 1 rings (SSSR count). The molecule has 13 heavy (non-hydrogen) atoms. The predicted octanol–water partition coefficient (Wildman–Crippen LogP) is 1.18. The summed E-state index contributed by atoms with van der Waals surface area (Å²) in [4.78, 5) is 20.9. The Morgan fingerprint density at radius 1 is 1.38 bits per heavy atom. The number of hydrogen-bond donors (Lipinski definition) is 0. The predicted molar refractivity (Wildman–Crippen MR) is 42.7 cm³/mol. The van der Waals surface area contributed by atoms with Crippen molar-refractivity contribution in [3.63, 3.8) is 0 Å². The zero-order valence-corrected chi connectivity index (χ0v) is 6.70. The molecule has 0 aliphatic rings. The zero-order valence-electron chi connectivity index (χ0n) is 6.70. The Labute approximate surface area is 74.1 Å². The number of ether oxygens (including phenoxy) is 1.